The molecule has 0 aliphatic rings. The number of aliphatic imine (C=N–C) groups is 2. The fraction of sp³-hybridized carbons (Fsp3) is 0.273. The van der Waals surface area contributed by atoms with Crippen LogP contribution in [-0.2, 0) is 16.7 Å². The van der Waals surface area contributed by atoms with Crippen molar-refractivity contribution in [2.24, 2.45) is 27.2 Å². The molecule has 0 amide bonds. The lowest BCUT2D eigenvalue weighted by molar-refractivity contribution is 0.397. The first-order valence-corrected chi connectivity index (χ1v) is 7.22. The highest BCUT2D eigenvalue weighted by Gasteiger charge is 2.16. The lowest BCUT2D eigenvalue weighted by atomic mass is 10.2. The van der Waals surface area contributed by atoms with Crippen LogP contribution in [0.3, 0.4) is 0 Å². The molecular weight excluding hydrogens is 296 g/mol. The van der Waals surface area contributed by atoms with Crippen LogP contribution in [-0.4, -0.2) is 43.9 Å². The molecule has 0 radical (unpaired) electrons. The van der Waals surface area contributed by atoms with E-state index in [9.17, 15) is 13.0 Å². The minimum Gasteiger partial charge on any atom is -0.370 e. The summed E-state index contributed by atoms with van der Waals surface area (Å²) >= 11 is 0. The molecule has 0 bridgehead atoms. The Hall–Kier alpha value is -2.17. The lowest BCUT2D eigenvalue weighted by Gasteiger charge is -2.13. The van der Waals surface area contributed by atoms with Gasteiger partial charge in [-0.2, -0.15) is 13.4 Å². The Bertz CT molecular complexity index is 677. The number of nitrogens with zero attached hydrogens (tertiary/aromatic N) is 3. The smallest absolute Gasteiger partial charge is 0.294 e. The topological polar surface area (TPSA) is 160 Å². The molecule has 0 spiro atoms. The summed E-state index contributed by atoms with van der Waals surface area (Å²) in [4.78, 5) is 8.89. The van der Waals surface area contributed by atoms with E-state index in [-0.39, 0.29) is 22.5 Å². The molecular formula is C11H18N6O3S. The van der Waals surface area contributed by atoms with Gasteiger partial charge < -0.3 is 22.1 Å². The Morgan fingerprint density at radius 2 is 1.90 bits per heavy atom. The predicted octanol–water partition coefficient (Wildman–Crippen LogP) is -0.785. The summed E-state index contributed by atoms with van der Waals surface area (Å²) in [6.07, 6.45) is 0. The first kappa shape index (κ1) is 16.9. The lowest BCUT2D eigenvalue weighted by Crippen LogP contribution is -2.26. The highest BCUT2D eigenvalue weighted by Crippen LogP contribution is 2.23. The van der Waals surface area contributed by atoms with Crippen molar-refractivity contribution in [3.05, 3.63) is 23.8 Å². The molecule has 0 aliphatic heterocycles. The van der Waals surface area contributed by atoms with E-state index < -0.39 is 10.1 Å². The van der Waals surface area contributed by atoms with E-state index in [0.29, 0.717) is 12.1 Å². The van der Waals surface area contributed by atoms with Crippen molar-refractivity contribution in [2.75, 3.05) is 14.1 Å². The van der Waals surface area contributed by atoms with Gasteiger partial charge in [-0.3, -0.25) is 4.55 Å². The van der Waals surface area contributed by atoms with Gasteiger partial charge >= 0.3 is 0 Å². The van der Waals surface area contributed by atoms with Crippen molar-refractivity contribution in [1.29, 1.82) is 0 Å². The molecule has 1 rings (SSSR count). The van der Waals surface area contributed by atoms with Gasteiger partial charge in [0, 0.05) is 6.54 Å². The van der Waals surface area contributed by atoms with Crippen LogP contribution in [0.15, 0.2) is 33.1 Å². The molecule has 21 heavy (non-hydrogen) atoms. The standard InChI is InChI=1S/C11H18N6O3S/c1-17(2)6-7-3-4-8(5-9(7)21(18,19)20)15-11(14)16-10(12)13/h3-5H,6H2,1-2H3,(H,18,19,20)(H6,12,13,14,15,16). The number of rotatable bonds is 4. The maximum absolute atomic E-state index is 11.4. The van der Waals surface area contributed by atoms with Crippen LogP contribution in [0.5, 0.6) is 0 Å². The molecule has 0 saturated carbocycles. The zero-order valence-corrected chi connectivity index (χ0v) is 12.5. The molecule has 0 fully saturated rings. The second kappa shape index (κ2) is 6.52. The van der Waals surface area contributed by atoms with Crippen LogP contribution in [0.1, 0.15) is 5.56 Å². The maximum atomic E-state index is 11.4. The summed E-state index contributed by atoms with van der Waals surface area (Å²) in [5.74, 6) is -0.493. The third kappa shape index (κ3) is 5.38. The highest BCUT2D eigenvalue weighted by atomic mass is 32.2. The van der Waals surface area contributed by atoms with Gasteiger partial charge in [0.15, 0.2) is 5.96 Å². The SMILES string of the molecule is CN(C)Cc1ccc(N=C(N)N=C(N)N)cc1S(=O)(=O)O. The van der Waals surface area contributed by atoms with Gasteiger partial charge in [0.05, 0.1) is 5.69 Å². The number of benzene rings is 1. The minimum atomic E-state index is -4.38. The van der Waals surface area contributed by atoms with Crippen LogP contribution in [0.25, 0.3) is 0 Å². The number of hydrogen-bond acceptors (Lipinski definition) is 4. The number of nitrogens with two attached hydrogens (primary N) is 3. The van der Waals surface area contributed by atoms with Gasteiger partial charge in [-0.15, -0.1) is 0 Å². The molecule has 0 atom stereocenters. The van der Waals surface area contributed by atoms with Crippen LogP contribution >= 0.6 is 0 Å². The quantitative estimate of drug-likeness (QED) is 0.322. The maximum Gasteiger partial charge on any atom is 0.294 e. The first-order valence-electron chi connectivity index (χ1n) is 5.78. The first-order chi connectivity index (χ1) is 9.59. The van der Waals surface area contributed by atoms with Gasteiger partial charge in [0.2, 0.25) is 5.96 Å². The minimum absolute atomic E-state index is 0.202. The van der Waals surface area contributed by atoms with E-state index >= 15 is 0 Å². The van der Waals surface area contributed by atoms with E-state index in [1.165, 1.54) is 12.1 Å². The summed E-state index contributed by atoms with van der Waals surface area (Å²) in [5, 5.41) is 0. The van der Waals surface area contributed by atoms with Crippen molar-refractivity contribution in [3.8, 4) is 0 Å². The number of hydrogen-bond donors (Lipinski definition) is 4. The zero-order chi connectivity index (χ0) is 16.2. The van der Waals surface area contributed by atoms with Gasteiger partial charge in [0.1, 0.15) is 4.90 Å². The van der Waals surface area contributed by atoms with E-state index in [0.717, 1.165) is 0 Å². The largest absolute Gasteiger partial charge is 0.370 e. The predicted molar refractivity (Wildman–Crippen MR) is 80.7 cm³/mol. The second-order valence-electron chi connectivity index (χ2n) is 4.51. The Kier molecular flexibility index (Phi) is 5.24. The molecule has 9 nitrogen and oxygen atoms in total. The Labute approximate surface area is 122 Å². The van der Waals surface area contributed by atoms with Crippen molar-refractivity contribution >= 4 is 27.7 Å². The summed E-state index contributed by atoms with van der Waals surface area (Å²) in [5.41, 5.74) is 16.4. The van der Waals surface area contributed by atoms with E-state index in [2.05, 4.69) is 9.98 Å². The molecule has 0 unspecified atom stereocenters. The summed E-state index contributed by atoms with van der Waals surface area (Å²) < 4.78 is 32.2. The molecule has 7 N–H and O–H groups in total. The zero-order valence-electron chi connectivity index (χ0n) is 11.7. The molecule has 1 aromatic carbocycles. The fourth-order valence-electron chi connectivity index (χ4n) is 1.61. The third-order valence-corrected chi connectivity index (χ3v) is 3.24. The average molecular weight is 314 g/mol. The molecule has 116 valence electrons. The van der Waals surface area contributed by atoms with E-state index in [1.807, 2.05) is 0 Å². The Balaban J connectivity index is 3.32. The monoisotopic (exact) mass is 314 g/mol. The van der Waals surface area contributed by atoms with Gasteiger partial charge in [-0.1, -0.05) is 6.07 Å². The van der Waals surface area contributed by atoms with Crippen LogP contribution < -0.4 is 17.2 Å². The van der Waals surface area contributed by atoms with Crippen molar-refractivity contribution in [2.45, 2.75) is 11.4 Å². The van der Waals surface area contributed by atoms with E-state index in [4.69, 9.17) is 17.2 Å². The normalized spacial score (nSPS) is 12.5. The van der Waals surface area contributed by atoms with Crippen LogP contribution in [0.4, 0.5) is 5.69 Å². The molecule has 0 aliphatic carbocycles. The Morgan fingerprint density at radius 1 is 1.29 bits per heavy atom. The van der Waals surface area contributed by atoms with Crippen molar-refractivity contribution < 1.29 is 13.0 Å². The molecule has 0 heterocycles. The van der Waals surface area contributed by atoms with Gasteiger partial charge in [-0.25, -0.2) is 4.99 Å². The third-order valence-electron chi connectivity index (χ3n) is 2.30. The molecule has 0 saturated heterocycles. The van der Waals surface area contributed by atoms with Gasteiger partial charge in [-0.05, 0) is 31.8 Å². The van der Waals surface area contributed by atoms with E-state index in [1.54, 1.807) is 25.1 Å². The Morgan fingerprint density at radius 3 is 2.38 bits per heavy atom. The molecule has 0 aromatic heterocycles. The van der Waals surface area contributed by atoms with Crippen molar-refractivity contribution in [3.63, 3.8) is 0 Å². The summed E-state index contributed by atoms with van der Waals surface area (Å²) in [7, 11) is -0.834. The highest BCUT2D eigenvalue weighted by molar-refractivity contribution is 7.85. The van der Waals surface area contributed by atoms with Gasteiger partial charge in [0.25, 0.3) is 10.1 Å². The van der Waals surface area contributed by atoms with Crippen LogP contribution in [0.2, 0.25) is 0 Å². The fourth-order valence-corrected chi connectivity index (χ4v) is 2.35. The summed E-state index contributed by atoms with van der Waals surface area (Å²) in [6.45, 7) is 0.336. The second-order valence-corrected chi connectivity index (χ2v) is 5.90. The van der Waals surface area contributed by atoms with Crippen molar-refractivity contribution in [1.82, 2.24) is 4.90 Å². The average Bonchev–Trinajstić information content (AvgIpc) is 2.27. The molecule has 1 aromatic rings. The summed E-state index contributed by atoms with van der Waals surface area (Å²) in [6, 6.07) is 4.27. The number of guanidine groups is 2. The molecule has 10 heteroatoms. The van der Waals surface area contributed by atoms with Crippen LogP contribution in [0, 0.1) is 0 Å².